The Morgan fingerprint density at radius 3 is 2.27 bits per heavy atom. The van der Waals surface area contributed by atoms with Crippen molar-refractivity contribution in [1.29, 1.82) is 0 Å². The summed E-state index contributed by atoms with van der Waals surface area (Å²) < 4.78 is 23.9. The van der Waals surface area contributed by atoms with E-state index in [-0.39, 0.29) is 13.2 Å². The second-order valence-electron chi connectivity index (χ2n) is 4.92. The molecule has 1 atom stereocenters. The van der Waals surface area contributed by atoms with E-state index in [1.807, 2.05) is 24.3 Å². The summed E-state index contributed by atoms with van der Waals surface area (Å²) >= 11 is 0. The molecule has 0 heterocycles. The Bertz CT molecular complexity index is 489. The number of hydrogen-bond donors (Lipinski definition) is 1. The number of aliphatic hydroxyl groups is 1. The summed E-state index contributed by atoms with van der Waals surface area (Å²) in [6.45, 7) is 6.16. The van der Waals surface area contributed by atoms with Crippen LogP contribution in [0.4, 0.5) is 0 Å². The second-order valence-corrected chi connectivity index (χ2v) is 6.95. The highest BCUT2D eigenvalue weighted by molar-refractivity contribution is 7.58. The summed E-state index contributed by atoms with van der Waals surface area (Å²) in [5, 5.41) is 11.0. The molecule has 1 aromatic rings. The van der Waals surface area contributed by atoms with Crippen molar-refractivity contribution < 1.29 is 18.7 Å². The number of benzene rings is 1. The lowest BCUT2D eigenvalue weighted by molar-refractivity contribution is 0.192. The van der Waals surface area contributed by atoms with Gasteiger partial charge in [0.1, 0.15) is 6.10 Å². The van der Waals surface area contributed by atoms with Gasteiger partial charge in [0.25, 0.3) is 0 Å². The third-order valence-corrected chi connectivity index (χ3v) is 5.48. The van der Waals surface area contributed by atoms with E-state index in [9.17, 15) is 9.67 Å². The first-order chi connectivity index (χ1) is 10.6. The van der Waals surface area contributed by atoms with Gasteiger partial charge >= 0.3 is 7.60 Å². The summed E-state index contributed by atoms with van der Waals surface area (Å²) in [7, 11) is -3.48. The maximum absolute atomic E-state index is 13.0. The van der Waals surface area contributed by atoms with Crippen LogP contribution in [0.15, 0.2) is 41.7 Å². The van der Waals surface area contributed by atoms with Crippen LogP contribution >= 0.6 is 7.60 Å². The fourth-order valence-corrected chi connectivity index (χ4v) is 4.01. The molecule has 0 aromatic heterocycles. The second kappa shape index (κ2) is 9.96. The van der Waals surface area contributed by atoms with Crippen LogP contribution in [0, 0.1) is 0 Å². The number of rotatable bonds is 10. The van der Waals surface area contributed by atoms with Gasteiger partial charge in [-0.05, 0) is 25.8 Å². The van der Waals surface area contributed by atoms with Crippen LogP contribution in [0.5, 0.6) is 0 Å². The molecule has 1 aromatic carbocycles. The molecule has 1 unspecified atom stereocenters. The molecule has 0 aliphatic heterocycles. The quantitative estimate of drug-likeness (QED) is 0.482. The van der Waals surface area contributed by atoms with Gasteiger partial charge < -0.3 is 14.2 Å². The van der Waals surface area contributed by atoms with Crippen LogP contribution in [0.2, 0.25) is 0 Å². The normalized spacial score (nSPS) is 14.1. The molecule has 5 heteroatoms. The summed E-state index contributed by atoms with van der Waals surface area (Å²) in [5.74, 6) is 0. The van der Waals surface area contributed by atoms with Crippen LogP contribution in [0.1, 0.15) is 51.7 Å². The highest BCUT2D eigenvalue weighted by atomic mass is 31.2. The summed E-state index contributed by atoms with van der Waals surface area (Å²) in [4.78, 5) is 0. The molecule has 0 aliphatic carbocycles. The van der Waals surface area contributed by atoms with E-state index < -0.39 is 13.7 Å². The number of hydrogen-bond acceptors (Lipinski definition) is 4. The van der Waals surface area contributed by atoms with Crippen molar-refractivity contribution in [3.8, 4) is 0 Å². The van der Waals surface area contributed by atoms with Gasteiger partial charge in [-0.25, -0.2) is 0 Å². The van der Waals surface area contributed by atoms with Gasteiger partial charge in [0.15, 0.2) is 0 Å². The molecule has 0 radical (unpaired) electrons. The minimum Gasteiger partial charge on any atom is -0.383 e. The van der Waals surface area contributed by atoms with Gasteiger partial charge in [-0.3, -0.25) is 4.57 Å². The van der Waals surface area contributed by atoms with Crippen LogP contribution in [-0.4, -0.2) is 18.3 Å². The van der Waals surface area contributed by atoms with Gasteiger partial charge in [-0.1, -0.05) is 56.2 Å². The first-order valence-electron chi connectivity index (χ1n) is 7.91. The Labute approximate surface area is 133 Å². The molecular weight excluding hydrogens is 299 g/mol. The number of aliphatic hydroxyl groups excluding tert-OH is 1. The maximum Gasteiger partial charge on any atom is 0.359 e. The Morgan fingerprint density at radius 2 is 1.77 bits per heavy atom. The van der Waals surface area contributed by atoms with E-state index in [1.165, 1.54) is 0 Å². The third-order valence-electron chi connectivity index (χ3n) is 3.22. The van der Waals surface area contributed by atoms with Crippen molar-refractivity contribution in [2.45, 2.75) is 46.1 Å². The summed E-state index contributed by atoms with van der Waals surface area (Å²) in [6, 6.07) is 9.17. The lowest BCUT2D eigenvalue weighted by Gasteiger charge is -2.24. The van der Waals surface area contributed by atoms with E-state index in [0.717, 1.165) is 19.3 Å². The number of allylic oxidation sites excluding steroid dienone is 1. The highest BCUT2D eigenvalue weighted by Crippen LogP contribution is 2.60. The number of unbranched alkanes of at least 4 members (excludes halogenated alkanes) is 2. The molecule has 0 spiro atoms. The first kappa shape index (κ1) is 19.1. The van der Waals surface area contributed by atoms with E-state index in [1.54, 1.807) is 26.0 Å². The van der Waals surface area contributed by atoms with Crippen LogP contribution in [-0.2, 0) is 13.6 Å². The molecule has 1 rings (SSSR count). The Morgan fingerprint density at radius 1 is 1.18 bits per heavy atom. The zero-order chi connectivity index (χ0) is 16.4. The smallest absolute Gasteiger partial charge is 0.359 e. The predicted octanol–water partition coefficient (Wildman–Crippen LogP) is 5.06. The van der Waals surface area contributed by atoms with E-state index in [0.29, 0.717) is 10.9 Å². The molecule has 0 fully saturated rings. The molecule has 0 saturated carbocycles. The van der Waals surface area contributed by atoms with Crippen molar-refractivity contribution in [2.75, 3.05) is 13.2 Å². The maximum atomic E-state index is 13.0. The minimum absolute atomic E-state index is 0.268. The van der Waals surface area contributed by atoms with Crippen molar-refractivity contribution in [1.82, 2.24) is 0 Å². The van der Waals surface area contributed by atoms with Crippen molar-refractivity contribution >= 4 is 7.60 Å². The Kier molecular flexibility index (Phi) is 8.66. The lowest BCUT2D eigenvalue weighted by atomic mass is 10.1. The van der Waals surface area contributed by atoms with Crippen LogP contribution in [0.25, 0.3) is 0 Å². The van der Waals surface area contributed by atoms with Crippen LogP contribution in [0.3, 0.4) is 0 Å². The fourth-order valence-electron chi connectivity index (χ4n) is 2.16. The van der Waals surface area contributed by atoms with E-state index >= 15 is 0 Å². The van der Waals surface area contributed by atoms with Crippen molar-refractivity contribution in [3.05, 3.63) is 47.3 Å². The van der Waals surface area contributed by atoms with E-state index in [2.05, 4.69) is 6.92 Å². The lowest BCUT2D eigenvalue weighted by Crippen LogP contribution is -2.07. The third kappa shape index (κ3) is 5.36. The van der Waals surface area contributed by atoms with Gasteiger partial charge in [0.2, 0.25) is 0 Å². The molecule has 0 bridgehead atoms. The standard InChI is InChI=1S/C17H27O4P/c1-4-7-9-14-16(22(19,20-5-2)21-6-3)17(18)15-12-10-8-11-13-15/h8,10-14,17-18H,4-7,9H2,1-3H3/b16-14-. The van der Waals surface area contributed by atoms with Crippen molar-refractivity contribution in [3.63, 3.8) is 0 Å². The largest absolute Gasteiger partial charge is 0.383 e. The molecular formula is C17H27O4P. The Balaban J connectivity index is 3.16. The average Bonchev–Trinajstić information content (AvgIpc) is 2.52. The molecule has 0 aliphatic rings. The minimum atomic E-state index is -3.48. The van der Waals surface area contributed by atoms with Gasteiger partial charge in [0.05, 0.1) is 18.5 Å². The van der Waals surface area contributed by atoms with E-state index in [4.69, 9.17) is 9.05 Å². The fraction of sp³-hybridized carbons (Fsp3) is 0.529. The highest BCUT2D eigenvalue weighted by Gasteiger charge is 2.34. The average molecular weight is 326 g/mol. The van der Waals surface area contributed by atoms with Crippen LogP contribution < -0.4 is 0 Å². The zero-order valence-corrected chi connectivity index (χ0v) is 14.6. The van der Waals surface area contributed by atoms with Gasteiger partial charge in [0, 0.05) is 0 Å². The summed E-state index contributed by atoms with van der Waals surface area (Å²) in [6.07, 6.45) is 3.55. The molecule has 124 valence electrons. The molecule has 22 heavy (non-hydrogen) atoms. The molecule has 0 amide bonds. The first-order valence-corrected chi connectivity index (χ1v) is 9.46. The molecule has 4 nitrogen and oxygen atoms in total. The van der Waals surface area contributed by atoms with Gasteiger partial charge in [-0.2, -0.15) is 0 Å². The molecule has 1 N–H and O–H groups in total. The monoisotopic (exact) mass is 326 g/mol. The zero-order valence-electron chi connectivity index (χ0n) is 13.7. The van der Waals surface area contributed by atoms with Gasteiger partial charge in [-0.15, -0.1) is 0 Å². The molecule has 0 saturated heterocycles. The summed E-state index contributed by atoms with van der Waals surface area (Å²) in [5.41, 5.74) is 0.685. The predicted molar refractivity (Wildman–Crippen MR) is 89.9 cm³/mol. The SMILES string of the molecule is CCCC/C=C(/C(O)c1ccccc1)P(=O)(OCC)OCC. The topological polar surface area (TPSA) is 55.8 Å². The van der Waals surface area contributed by atoms with Crippen molar-refractivity contribution in [2.24, 2.45) is 0 Å². The Hall–Kier alpha value is -0.930.